The minimum absolute atomic E-state index is 0.249. The van der Waals surface area contributed by atoms with E-state index < -0.39 is 33.8 Å². The monoisotopic (exact) mass is 483 g/mol. The van der Waals surface area contributed by atoms with Gasteiger partial charge in [-0.15, -0.1) is 0 Å². The van der Waals surface area contributed by atoms with E-state index in [-0.39, 0.29) is 6.03 Å². The molecule has 0 saturated carbocycles. The molecule has 1 fully saturated rings. The van der Waals surface area contributed by atoms with Gasteiger partial charge in [-0.2, -0.15) is 13.2 Å². The third-order valence-corrected chi connectivity index (χ3v) is 6.38. The van der Waals surface area contributed by atoms with E-state index >= 15 is 0 Å². The number of carbonyl (C=O) groups is 1. The van der Waals surface area contributed by atoms with E-state index in [2.05, 4.69) is 10.0 Å². The van der Waals surface area contributed by atoms with E-state index in [0.717, 1.165) is 29.5 Å². The lowest BCUT2D eigenvalue weighted by molar-refractivity contribution is -0.137. The number of alkyl halides is 3. The zero-order chi connectivity index (χ0) is 24.2. The Hall–Kier alpha value is -2.59. The van der Waals surface area contributed by atoms with E-state index in [1.54, 1.807) is 17.0 Å². The largest absolute Gasteiger partial charge is 0.416 e. The molecule has 1 heterocycles. The maximum absolute atomic E-state index is 12.9. The maximum Gasteiger partial charge on any atom is 0.416 e. The molecule has 0 bridgehead atoms. The average molecular weight is 484 g/mol. The molecule has 0 unspecified atom stereocenters. The molecule has 6 nitrogen and oxygen atoms in total. The minimum Gasteiger partial charge on any atom is -0.338 e. The second-order valence-corrected chi connectivity index (χ2v) is 9.99. The standard InChI is InChI=1S/C23H28F3N3O3S/c1-3-27-22(30)29-13-5-8-20(28-33(2,31)32)21(29)15-16-6-4-7-18(14-16)17-9-11-19(12-10-17)23(24,25)26/h4,6-7,9-12,14,20-21,28H,3,5,8,13,15H2,1-2H3,(H,27,30)/t20-,21-/m0/s1. The fourth-order valence-corrected chi connectivity index (χ4v) is 5.02. The van der Waals surface area contributed by atoms with Gasteiger partial charge in [0.2, 0.25) is 10.0 Å². The van der Waals surface area contributed by atoms with Gasteiger partial charge in [-0.25, -0.2) is 17.9 Å². The second kappa shape index (κ2) is 10.1. The summed E-state index contributed by atoms with van der Waals surface area (Å²) in [6.07, 6.45) is -1.62. The smallest absolute Gasteiger partial charge is 0.338 e. The Balaban J connectivity index is 1.88. The van der Waals surface area contributed by atoms with Crippen LogP contribution >= 0.6 is 0 Å². The third kappa shape index (κ3) is 6.70. The van der Waals surface area contributed by atoms with Gasteiger partial charge < -0.3 is 10.2 Å². The highest BCUT2D eigenvalue weighted by molar-refractivity contribution is 7.88. The number of sulfonamides is 1. The van der Waals surface area contributed by atoms with Gasteiger partial charge in [0.25, 0.3) is 0 Å². The Morgan fingerprint density at radius 1 is 1.12 bits per heavy atom. The first-order chi connectivity index (χ1) is 15.5. The molecule has 2 atom stereocenters. The SMILES string of the molecule is CCNC(=O)N1CCC[C@H](NS(C)(=O)=O)[C@@H]1Cc1cccc(-c2ccc(C(F)(F)F)cc2)c1. The number of hydrogen-bond acceptors (Lipinski definition) is 3. The summed E-state index contributed by atoms with van der Waals surface area (Å²) in [7, 11) is -3.48. The number of halogens is 3. The second-order valence-electron chi connectivity index (χ2n) is 8.21. The third-order valence-electron chi connectivity index (χ3n) is 5.65. The average Bonchev–Trinajstić information content (AvgIpc) is 2.74. The number of urea groups is 1. The Morgan fingerprint density at radius 2 is 1.82 bits per heavy atom. The summed E-state index contributed by atoms with van der Waals surface area (Å²) in [6.45, 7) is 2.78. The van der Waals surface area contributed by atoms with Crippen molar-refractivity contribution in [3.8, 4) is 11.1 Å². The van der Waals surface area contributed by atoms with Crippen molar-refractivity contribution in [2.45, 2.75) is 44.4 Å². The first-order valence-corrected chi connectivity index (χ1v) is 12.7. The molecule has 0 spiro atoms. The predicted molar refractivity (Wildman–Crippen MR) is 121 cm³/mol. The zero-order valence-electron chi connectivity index (χ0n) is 18.5. The number of nitrogens with zero attached hydrogens (tertiary/aromatic N) is 1. The molecule has 2 aromatic rings. The van der Waals surface area contributed by atoms with Gasteiger partial charge in [-0.3, -0.25) is 0 Å². The minimum atomic E-state index is -4.40. The Morgan fingerprint density at radius 3 is 2.42 bits per heavy atom. The van der Waals surface area contributed by atoms with Gasteiger partial charge in [-0.1, -0.05) is 36.4 Å². The molecule has 0 radical (unpaired) electrons. The number of carbonyl (C=O) groups excluding carboxylic acids is 1. The van der Waals surface area contributed by atoms with Gasteiger partial charge >= 0.3 is 12.2 Å². The van der Waals surface area contributed by atoms with E-state index in [4.69, 9.17) is 0 Å². The van der Waals surface area contributed by atoms with E-state index in [9.17, 15) is 26.4 Å². The van der Waals surface area contributed by atoms with Crippen LogP contribution in [0.2, 0.25) is 0 Å². The van der Waals surface area contributed by atoms with Crippen molar-refractivity contribution in [1.82, 2.24) is 14.9 Å². The summed E-state index contributed by atoms with van der Waals surface area (Å²) >= 11 is 0. The van der Waals surface area contributed by atoms with Crippen LogP contribution in [0.15, 0.2) is 48.5 Å². The van der Waals surface area contributed by atoms with Crippen molar-refractivity contribution in [3.05, 3.63) is 59.7 Å². The van der Waals surface area contributed by atoms with E-state index in [1.165, 1.54) is 12.1 Å². The van der Waals surface area contributed by atoms with Crippen LogP contribution in [-0.2, 0) is 22.6 Å². The highest BCUT2D eigenvalue weighted by Gasteiger charge is 2.36. The van der Waals surface area contributed by atoms with E-state index in [0.29, 0.717) is 37.9 Å². The quantitative estimate of drug-likeness (QED) is 0.651. The summed E-state index contributed by atoms with van der Waals surface area (Å²) in [4.78, 5) is 14.3. The van der Waals surface area contributed by atoms with Crippen LogP contribution in [0.4, 0.5) is 18.0 Å². The topological polar surface area (TPSA) is 78.5 Å². The highest BCUT2D eigenvalue weighted by Crippen LogP contribution is 2.31. The summed E-state index contributed by atoms with van der Waals surface area (Å²) in [6, 6.07) is 11.2. The molecule has 33 heavy (non-hydrogen) atoms. The van der Waals surface area contributed by atoms with Crippen molar-refractivity contribution < 1.29 is 26.4 Å². The molecule has 1 aliphatic heterocycles. The lowest BCUT2D eigenvalue weighted by atomic mass is 9.90. The van der Waals surface area contributed by atoms with E-state index in [1.807, 2.05) is 19.1 Å². The zero-order valence-corrected chi connectivity index (χ0v) is 19.3. The van der Waals surface area contributed by atoms with Gasteiger partial charge in [0.05, 0.1) is 17.9 Å². The van der Waals surface area contributed by atoms with Gasteiger partial charge in [-0.05, 0) is 55.0 Å². The lowest BCUT2D eigenvalue weighted by Gasteiger charge is -2.41. The molecule has 10 heteroatoms. The molecular formula is C23H28F3N3O3S. The van der Waals surface area contributed by atoms with Crippen LogP contribution in [0, 0.1) is 0 Å². The van der Waals surface area contributed by atoms with Gasteiger partial charge in [0, 0.05) is 19.1 Å². The first kappa shape index (κ1) is 25.0. The lowest BCUT2D eigenvalue weighted by Crippen LogP contribution is -2.59. The van der Waals surface area contributed by atoms with Crippen LogP contribution in [0.5, 0.6) is 0 Å². The van der Waals surface area contributed by atoms with Gasteiger partial charge in [0.1, 0.15) is 0 Å². The van der Waals surface area contributed by atoms with Crippen molar-refractivity contribution in [2.75, 3.05) is 19.3 Å². The summed E-state index contributed by atoms with van der Waals surface area (Å²) in [5.41, 5.74) is 1.53. The molecule has 1 aliphatic rings. The summed E-state index contributed by atoms with van der Waals surface area (Å²) < 4.78 is 65.1. The predicted octanol–water partition coefficient (Wildman–Crippen LogP) is 4.03. The van der Waals surface area contributed by atoms with Crippen LogP contribution in [0.3, 0.4) is 0 Å². The fraction of sp³-hybridized carbons (Fsp3) is 0.435. The normalized spacial score (nSPS) is 19.4. The summed E-state index contributed by atoms with van der Waals surface area (Å²) in [5.74, 6) is 0. The molecule has 0 aliphatic carbocycles. The van der Waals surface area contributed by atoms with Crippen LogP contribution in [0.1, 0.15) is 30.9 Å². The number of hydrogen-bond donors (Lipinski definition) is 2. The molecule has 0 aromatic heterocycles. The molecular weight excluding hydrogens is 455 g/mol. The number of nitrogens with one attached hydrogen (secondary N) is 2. The maximum atomic E-state index is 12.9. The molecule has 180 valence electrons. The number of benzene rings is 2. The summed E-state index contributed by atoms with van der Waals surface area (Å²) in [5, 5.41) is 2.79. The van der Waals surface area contributed by atoms with Crippen LogP contribution in [-0.4, -0.2) is 50.8 Å². The Bertz CT molecular complexity index is 1070. The molecule has 2 amide bonds. The van der Waals surface area contributed by atoms with Crippen molar-refractivity contribution in [3.63, 3.8) is 0 Å². The molecule has 1 saturated heterocycles. The van der Waals surface area contributed by atoms with Gasteiger partial charge in [0.15, 0.2) is 0 Å². The first-order valence-electron chi connectivity index (χ1n) is 10.8. The number of piperidine rings is 1. The molecule has 2 N–H and O–H groups in total. The molecule has 2 aromatic carbocycles. The van der Waals surface area contributed by atoms with Crippen molar-refractivity contribution in [1.29, 1.82) is 0 Å². The number of likely N-dealkylation sites (tertiary alicyclic amines) is 1. The highest BCUT2D eigenvalue weighted by atomic mass is 32.2. The number of rotatable bonds is 6. The Kier molecular flexibility index (Phi) is 7.69. The van der Waals surface area contributed by atoms with Crippen molar-refractivity contribution >= 4 is 16.1 Å². The van der Waals surface area contributed by atoms with Crippen LogP contribution in [0.25, 0.3) is 11.1 Å². The number of amides is 2. The van der Waals surface area contributed by atoms with Crippen LogP contribution < -0.4 is 10.0 Å². The molecule has 3 rings (SSSR count). The van der Waals surface area contributed by atoms with Crippen molar-refractivity contribution in [2.24, 2.45) is 0 Å². The Labute approximate surface area is 192 Å². The fourth-order valence-electron chi connectivity index (χ4n) is 4.20.